The highest BCUT2D eigenvalue weighted by Gasteiger charge is 2.26. The molecule has 2 rings (SSSR count). The van der Waals surface area contributed by atoms with Gasteiger partial charge in [-0.05, 0) is 62.6 Å². The molecule has 0 aliphatic heterocycles. The molecule has 0 spiro atoms. The van der Waals surface area contributed by atoms with Gasteiger partial charge in [-0.2, -0.15) is 4.72 Å². The van der Waals surface area contributed by atoms with E-state index < -0.39 is 27.9 Å². The Morgan fingerprint density at radius 1 is 1.00 bits per heavy atom. The molecule has 0 saturated carbocycles. The van der Waals surface area contributed by atoms with Gasteiger partial charge in [-0.25, -0.2) is 8.42 Å². The van der Waals surface area contributed by atoms with Crippen molar-refractivity contribution in [3.63, 3.8) is 0 Å². The summed E-state index contributed by atoms with van der Waals surface area (Å²) in [6, 6.07) is 12.2. The van der Waals surface area contributed by atoms with Gasteiger partial charge in [0.2, 0.25) is 21.8 Å². The zero-order valence-electron chi connectivity index (χ0n) is 18.8. The smallest absolute Gasteiger partial charge is 0.243 e. The molecule has 2 amide bonds. The molecular formula is C23H31N3O5S. The summed E-state index contributed by atoms with van der Waals surface area (Å²) >= 11 is 0. The van der Waals surface area contributed by atoms with Gasteiger partial charge >= 0.3 is 0 Å². The summed E-state index contributed by atoms with van der Waals surface area (Å²) in [6.45, 7) is 7.77. The molecule has 0 fully saturated rings. The Balaban J connectivity index is 1.98. The minimum absolute atomic E-state index is 0.0594. The molecule has 9 heteroatoms. The lowest BCUT2D eigenvalue weighted by Crippen LogP contribution is -2.48. The van der Waals surface area contributed by atoms with Crippen LogP contribution >= 0.6 is 0 Å². The van der Waals surface area contributed by atoms with Gasteiger partial charge in [0, 0.05) is 5.69 Å². The Morgan fingerprint density at radius 3 is 2.19 bits per heavy atom. The normalized spacial score (nSPS) is 12.3. The van der Waals surface area contributed by atoms with E-state index in [1.807, 2.05) is 27.7 Å². The van der Waals surface area contributed by atoms with Crippen LogP contribution in [0.4, 0.5) is 5.69 Å². The van der Waals surface area contributed by atoms with E-state index in [1.165, 1.54) is 12.1 Å². The summed E-state index contributed by atoms with van der Waals surface area (Å²) < 4.78 is 33.2. The zero-order valence-corrected chi connectivity index (χ0v) is 19.7. The van der Waals surface area contributed by atoms with E-state index in [0.717, 1.165) is 5.56 Å². The molecule has 2 aromatic rings. The quantitative estimate of drug-likeness (QED) is 0.476. The van der Waals surface area contributed by atoms with E-state index in [9.17, 15) is 18.0 Å². The maximum absolute atomic E-state index is 12.7. The number of aryl methyl sites for hydroxylation is 1. The zero-order chi connectivity index (χ0) is 23.7. The fraction of sp³-hybridized carbons (Fsp3) is 0.391. The molecule has 0 aromatic heterocycles. The van der Waals surface area contributed by atoms with Crippen molar-refractivity contribution in [1.82, 2.24) is 10.0 Å². The van der Waals surface area contributed by atoms with E-state index in [1.54, 1.807) is 36.4 Å². The molecule has 174 valence electrons. The fourth-order valence-electron chi connectivity index (χ4n) is 2.95. The van der Waals surface area contributed by atoms with Gasteiger partial charge in [0.05, 0.1) is 18.0 Å². The van der Waals surface area contributed by atoms with Gasteiger partial charge in [0.1, 0.15) is 11.8 Å². The molecule has 0 aliphatic rings. The lowest BCUT2D eigenvalue weighted by atomic mass is 10.0. The second kappa shape index (κ2) is 11.6. The molecule has 0 bridgehead atoms. The fourth-order valence-corrected chi connectivity index (χ4v) is 4.16. The van der Waals surface area contributed by atoms with Crippen molar-refractivity contribution in [3.8, 4) is 5.75 Å². The Labute approximate surface area is 189 Å². The molecule has 0 saturated heterocycles. The predicted molar refractivity (Wildman–Crippen MR) is 124 cm³/mol. The average Bonchev–Trinajstić information content (AvgIpc) is 2.73. The second-order valence-corrected chi connectivity index (χ2v) is 9.55. The van der Waals surface area contributed by atoms with Crippen molar-refractivity contribution in [1.29, 1.82) is 0 Å². The average molecular weight is 462 g/mol. The van der Waals surface area contributed by atoms with Crippen LogP contribution in [0.15, 0.2) is 53.4 Å². The number of hydrogen-bond acceptors (Lipinski definition) is 5. The topological polar surface area (TPSA) is 114 Å². The second-order valence-electron chi connectivity index (χ2n) is 7.84. The van der Waals surface area contributed by atoms with Crippen LogP contribution in [-0.4, -0.2) is 39.4 Å². The van der Waals surface area contributed by atoms with Crippen LogP contribution in [0.25, 0.3) is 0 Å². The van der Waals surface area contributed by atoms with E-state index in [0.29, 0.717) is 18.0 Å². The Hall–Kier alpha value is -2.91. The Morgan fingerprint density at radius 2 is 1.62 bits per heavy atom. The Kier molecular flexibility index (Phi) is 9.22. The van der Waals surface area contributed by atoms with Gasteiger partial charge in [-0.15, -0.1) is 0 Å². The number of anilines is 1. The van der Waals surface area contributed by atoms with Crippen molar-refractivity contribution in [3.05, 3.63) is 54.1 Å². The summed E-state index contributed by atoms with van der Waals surface area (Å²) in [5.41, 5.74) is 1.49. The molecule has 2 aromatic carbocycles. The van der Waals surface area contributed by atoms with Crippen molar-refractivity contribution in [2.75, 3.05) is 18.5 Å². The van der Waals surface area contributed by atoms with Gasteiger partial charge in [-0.3, -0.25) is 9.59 Å². The number of rotatable bonds is 11. The summed E-state index contributed by atoms with van der Waals surface area (Å²) in [4.78, 5) is 25.0. The van der Waals surface area contributed by atoms with E-state index in [2.05, 4.69) is 15.4 Å². The van der Waals surface area contributed by atoms with Crippen LogP contribution in [0.5, 0.6) is 5.75 Å². The highest BCUT2D eigenvalue weighted by Crippen LogP contribution is 2.16. The number of carbonyl (C=O) groups excluding carboxylic acids is 2. The molecule has 3 N–H and O–H groups in total. The third kappa shape index (κ3) is 7.97. The summed E-state index contributed by atoms with van der Waals surface area (Å²) in [7, 11) is -3.89. The molecule has 8 nitrogen and oxygen atoms in total. The number of amides is 2. The monoisotopic (exact) mass is 461 g/mol. The third-order valence-corrected chi connectivity index (χ3v) is 6.01. The highest BCUT2D eigenvalue weighted by atomic mass is 32.2. The number of ether oxygens (including phenoxy) is 1. The SMILES string of the molecule is CCOc1ccc(NC(=O)CNC(=O)C(CC(C)C)NS(=O)(=O)c2ccc(C)cc2)cc1. The molecule has 32 heavy (non-hydrogen) atoms. The lowest BCUT2D eigenvalue weighted by molar-refractivity contribution is -0.125. The van der Waals surface area contributed by atoms with Crippen LogP contribution in [-0.2, 0) is 19.6 Å². The molecule has 0 aliphatic carbocycles. The molecule has 0 radical (unpaired) electrons. The number of nitrogens with one attached hydrogen (secondary N) is 3. The first-order valence-corrected chi connectivity index (χ1v) is 12.0. The number of carbonyl (C=O) groups is 2. The third-order valence-electron chi connectivity index (χ3n) is 4.52. The first-order valence-electron chi connectivity index (χ1n) is 10.5. The summed E-state index contributed by atoms with van der Waals surface area (Å²) in [6.07, 6.45) is 0.289. The van der Waals surface area contributed by atoms with Crippen LogP contribution in [0.2, 0.25) is 0 Å². The van der Waals surface area contributed by atoms with Gasteiger partial charge in [-0.1, -0.05) is 31.5 Å². The number of benzene rings is 2. The first-order chi connectivity index (χ1) is 15.1. The summed E-state index contributed by atoms with van der Waals surface area (Å²) in [5, 5.41) is 5.20. The molecule has 0 heterocycles. The van der Waals surface area contributed by atoms with E-state index in [-0.39, 0.29) is 23.8 Å². The van der Waals surface area contributed by atoms with Crippen LogP contribution in [0, 0.1) is 12.8 Å². The number of sulfonamides is 1. The minimum Gasteiger partial charge on any atom is -0.494 e. The van der Waals surface area contributed by atoms with Crippen molar-refractivity contribution in [2.45, 2.75) is 45.1 Å². The van der Waals surface area contributed by atoms with Crippen LogP contribution < -0.4 is 20.1 Å². The maximum atomic E-state index is 12.7. The largest absolute Gasteiger partial charge is 0.494 e. The van der Waals surface area contributed by atoms with Gasteiger partial charge in [0.25, 0.3) is 0 Å². The molecular weight excluding hydrogens is 430 g/mol. The predicted octanol–water partition coefficient (Wildman–Crippen LogP) is 2.84. The van der Waals surface area contributed by atoms with Gasteiger partial charge in [0.15, 0.2) is 0 Å². The van der Waals surface area contributed by atoms with Crippen LogP contribution in [0.1, 0.15) is 32.8 Å². The van der Waals surface area contributed by atoms with E-state index >= 15 is 0 Å². The van der Waals surface area contributed by atoms with Crippen molar-refractivity contribution < 1.29 is 22.7 Å². The molecule has 1 atom stereocenters. The summed E-state index contributed by atoms with van der Waals surface area (Å²) in [5.74, 6) is -0.233. The maximum Gasteiger partial charge on any atom is 0.243 e. The first kappa shape index (κ1) is 25.4. The highest BCUT2D eigenvalue weighted by molar-refractivity contribution is 7.89. The standard InChI is InChI=1S/C23H31N3O5S/c1-5-31-19-10-8-18(9-11-19)25-22(27)15-24-23(28)21(14-16(2)3)26-32(29,30)20-12-6-17(4)7-13-20/h6-13,16,21,26H,5,14-15H2,1-4H3,(H,24,28)(H,25,27). The van der Waals surface area contributed by atoms with Crippen LogP contribution in [0.3, 0.4) is 0 Å². The van der Waals surface area contributed by atoms with Crippen molar-refractivity contribution >= 4 is 27.5 Å². The van der Waals surface area contributed by atoms with E-state index in [4.69, 9.17) is 4.74 Å². The van der Waals surface area contributed by atoms with Crippen molar-refractivity contribution in [2.24, 2.45) is 5.92 Å². The Bertz CT molecular complexity index is 1000. The lowest BCUT2D eigenvalue weighted by Gasteiger charge is -2.20. The van der Waals surface area contributed by atoms with Gasteiger partial charge < -0.3 is 15.4 Å². The number of hydrogen-bond donors (Lipinski definition) is 3. The minimum atomic E-state index is -3.89. The molecule has 1 unspecified atom stereocenters.